The minimum absolute atomic E-state index is 0.196. The molecule has 0 spiro atoms. The van der Waals surface area contributed by atoms with Crippen molar-refractivity contribution in [2.75, 3.05) is 0 Å². The first kappa shape index (κ1) is 10.9. The van der Waals surface area contributed by atoms with Crippen molar-refractivity contribution in [3.8, 4) is 0 Å². The lowest BCUT2D eigenvalue weighted by Crippen LogP contribution is -2.55. The number of halogens is 2. The van der Waals surface area contributed by atoms with E-state index in [0.29, 0.717) is 5.02 Å². The topological polar surface area (TPSA) is 67.8 Å². The fourth-order valence-corrected chi connectivity index (χ4v) is 1.32. The maximum atomic E-state index is 13.2. The number of aliphatic carboxylic acids is 1. The summed E-state index contributed by atoms with van der Waals surface area (Å²) in [5.74, 6) is -1.76. The number of carbonyl (C=O) groups is 1. The molecule has 1 aromatic rings. The predicted octanol–water partition coefficient (Wildman–Crippen LogP) is -0.0979. The predicted molar refractivity (Wildman–Crippen MR) is 46.7 cm³/mol. The Kier molecular flexibility index (Phi) is 3.43. The number of quaternary nitrogens is 1. The van der Waals surface area contributed by atoms with E-state index in [1.165, 1.54) is 18.2 Å². The third-order valence-corrected chi connectivity index (χ3v) is 2.05. The van der Waals surface area contributed by atoms with Crippen LogP contribution in [0, 0.1) is 5.82 Å². The van der Waals surface area contributed by atoms with Crippen LogP contribution in [0.4, 0.5) is 4.39 Å². The number of rotatable bonds is 3. The molecular formula is C9H9ClFNO2. The molecule has 14 heavy (non-hydrogen) atoms. The molecule has 1 atom stereocenters. The largest absolute Gasteiger partial charge is 0.550 e. The Morgan fingerprint density at radius 2 is 2.29 bits per heavy atom. The monoisotopic (exact) mass is 217 g/mol. The van der Waals surface area contributed by atoms with Gasteiger partial charge in [0, 0.05) is 23.0 Å². The maximum absolute atomic E-state index is 13.2. The van der Waals surface area contributed by atoms with Crippen molar-refractivity contribution in [1.29, 1.82) is 0 Å². The second-order valence-corrected chi connectivity index (χ2v) is 3.38. The van der Waals surface area contributed by atoms with Crippen molar-refractivity contribution in [1.82, 2.24) is 0 Å². The third-order valence-electron chi connectivity index (χ3n) is 1.81. The quantitative estimate of drug-likeness (QED) is 0.769. The molecule has 76 valence electrons. The molecule has 0 aromatic heterocycles. The van der Waals surface area contributed by atoms with Gasteiger partial charge in [-0.2, -0.15) is 0 Å². The standard InChI is InChI=1S/C9H9ClFNO2/c10-5-1-2-7(11)6(3-5)8(12)4-9(13)14/h1-3,8H,4,12H2,(H,13,14)/t8-/m0/s1. The normalized spacial score (nSPS) is 12.5. The Morgan fingerprint density at radius 1 is 1.64 bits per heavy atom. The summed E-state index contributed by atoms with van der Waals surface area (Å²) in [6, 6.07) is 3.27. The Labute approximate surface area is 85.3 Å². The van der Waals surface area contributed by atoms with Crippen LogP contribution in [0.1, 0.15) is 18.0 Å². The molecule has 0 fully saturated rings. The summed E-state index contributed by atoms with van der Waals surface area (Å²) in [6.45, 7) is 0. The van der Waals surface area contributed by atoms with Crippen LogP contribution < -0.4 is 10.8 Å². The van der Waals surface area contributed by atoms with Crippen molar-refractivity contribution < 1.29 is 20.0 Å². The van der Waals surface area contributed by atoms with E-state index in [-0.39, 0.29) is 12.0 Å². The lowest BCUT2D eigenvalue weighted by molar-refractivity contribution is -0.431. The van der Waals surface area contributed by atoms with Gasteiger partial charge in [0.2, 0.25) is 0 Å². The van der Waals surface area contributed by atoms with Gasteiger partial charge >= 0.3 is 0 Å². The number of hydrogen-bond acceptors (Lipinski definition) is 2. The maximum Gasteiger partial charge on any atom is 0.132 e. The van der Waals surface area contributed by atoms with Crippen molar-refractivity contribution in [3.63, 3.8) is 0 Å². The highest BCUT2D eigenvalue weighted by Gasteiger charge is 2.15. The molecule has 1 rings (SSSR count). The van der Waals surface area contributed by atoms with Gasteiger partial charge in [0.15, 0.2) is 0 Å². The van der Waals surface area contributed by atoms with E-state index in [1.807, 2.05) is 0 Å². The minimum atomic E-state index is -1.26. The van der Waals surface area contributed by atoms with Crippen molar-refractivity contribution in [2.45, 2.75) is 12.5 Å². The van der Waals surface area contributed by atoms with Crippen molar-refractivity contribution in [3.05, 3.63) is 34.6 Å². The van der Waals surface area contributed by atoms with Crippen LogP contribution >= 0.6 is 11.6 Å². The second kappa shape index (κ2) is 4.39. The van der Waals surface area contributed by atoms with Crippen LogP contribution in [0.15, 0.2) is 18.2 Å². The first-order valence-corrected chi connectivity index (χ1v) is 4.36. The lowest BCUT2D eigenvalue weighted by Gasteiger charge is -2.10. The van der Waals surface area contributed by atoms with Crippen LogP contribution in [-0.2, 0) is 4.79 Å². The van der Waals surface area contributed by atoms with Crippen molar-refractivity contribution in [2.24, 2.45) is 0 Å². The molecule has 0 saturated carbocycles. The zero-order valence-corrected chi connectivity index (χ0v) is 8.05. The number of carboxylic acids is 1. The molecule has 5 heteroatoms. The smallest absolute Gasteiger partial charge is 0.132 e. The molecule has 0 radical (unpaired) electrons. The number of carbonyl (C=O) groups excluding carboxylic acids is 1. The molecule has 0 aliphatic heterocycles. The van der Waals surface area contributed by atoms with Crippen LogP contribution in [0.5, 0.6) is 0 Å². The van der Waals surface area contributed by atoms with Crippen molar-refractivity contribution >= 4 is 17.6 Å². The molecule has 0 aliphatic rings. The summed E-state index contributed by atoms with van der Waals surface area (Å²) in [5.41, 5.74) is 3.73. The zero-order chi connectivity index (χ0) is 10.7. The molecule has 3 N–H and O–H groups in total. The SMILES string of the molecule is [NH3+][C@@H](CC(=O)[O-])c1cc(Cl)ccc1F. The lowest BCUT2D eigenvalue weighted by atomic mass is 10.0. The van der Waals surface area contributed by atoms with E-state index in [0.717, 1.165) is 0 Å². The van der Waals surface area contributed by atoms with E-state index in [9.17, 15) is 14.3 Å². The highest BCUT2D eigenvalue weighted by atomic mass is 35.5. The Bertz CT molecular complexity index is 357. The average Bonchev–Trinajstić information content (AvgIpc) is 2.08. The molecule has 0 amide bonds. The zero-order valence-electron chi connectivity index (χ0n) is 7.30. The van der Waals surface area contributed by atoms with Gasteiger partial charge in [-0.3, -0.25) is 0 Å². The Morgan fingerprint density at radius 3 is 2.86 bits per heavy atom. The van der Waals surface area contributed by atoms with Gasteiger partial charge in [-0.1, -0.05) is 11.6 Å². The van der Waals surface area contributed by atoms with Crippen LogP contribution in [0.25, 0.3) is 0 Å². The van der Waals surface area contributed by atoms with Gasteiger partial charge < -0.3 is 15.6 Å². The van der Waals surface area contributed by atoms with E-state index < -0.39 is 17.8 Å². The summed E-state index contributed by atoms with van der Waals surface area (Å²) in [4.78, 5) is 10.3. The minimum Gasteiger partial charge on any atom is -0.550 e. The summed E-state index contributed by atoms with van der Waals surface area (Å²) in [7, 11) is 0. The molecule has 0 unspecified atom stereocenters. The van der Waals surface area contributed by atoms with Gasteiger partial charge in [0.25, 0.3) is 0 Å². The van der Waals surface area contributed by atoms with Gasteiger partial charge in [-0.25, -0.2) is 4.39 Å². The number of hydrogen-bond donors (Lipinski definition) is 1. The van der Waals surface area contributed by atoms with E-state index in [1.54, 1.807) is 0 Å². The molecule has 0 bridgehead atoms. The van der Waals surface area contributed by atoms with E-state index in [2.05, 4.69) is 5.73 Å². The molecule has 3 nitrogen and oxygen atoms in total. The highest BCUT2D eigenvalue weighted by molar-refractivity contribution is 6.30. The fraction of sp³-hybridized carbons (Fsp3) is 0.222. The highest BCUT2D eigenvalue weighted by Crippen LogP contribution is 2.20. The number of benzene rings is 1. The van der Waals surface area contributed by atoms with Crippen LogP contribution in [0.2, 0.25) is 5.02 Å². The third kappa shape index (κ3) is 2.68. The summed E-state index contributed by atoms with van der Waals surface area (Å²) in [6.07, 6.45) is -0.322. The molecular weight excluding hydrogens is 209 g/mol. The first-order chi connectivity index (χ1) is 6.50. The van der Waals surface area contributed by atoms with Gasteiger partial charge in [0.1, 0.15) is 11.9 Å². The van der Waals surface area contributed by atoms with Gasteiger partial charge in [-0.05, 0) is 18.2 Å². The van der Waals surface area contributed by atoms with Gasteiger partial charge in [-0.15, -0.1) is 0 Å². The molecule has 0 aliphatic carbocycles. The van der Waals surface area contributed by atoms with E-state index >= 15 is 0 Å². The number of carboxylic acid groups (broad SMARTS) is 1. The van der Waals surface area contributed by atoms with Crippen LogP contribution in [-0.4, -0.2) is 5.97 Å². The summed E-state index contributed by atoms with van der Waals surface area (Å²) in [5, 5.41) is 10.6. The molecule has 0 heterocycles. The summed E-state index contributed by atoms with van der Waals surface area (Å²) < 4.78 is 13.2. The Balaban J connectivity index is 2.93. The van der Waals surface area contributed by atoms with E-state index in [4.69, 9.17) is 11.6 Å². The molecule has 1 aromatic carbocycles. The average molecular weight is 218 g/mol. The summed E-state index contributed by atoms with van der Waals surface area (Å²) >= 11 is 5.64. The Hall–Kier alpha value is -1.13. The van der Waals surface area contributed by atoms with Gasteiger partial charge in [0.05, 0.1) is 0 Å². The van der Waals surface area contributed by atoms with Crippen LogP contribution in [0.3, 0.4) is 0 Å². The first-order valence-electron chi connectivity index (χ1n) is 3.98. The molecule has 0 saturated heterocycles. The second-order valence-electron chi connectivity index (χ2n) is 2.94. The fourth-order valence-electron chi connectivity index (χ4n) is 1.14.